The Hall–Kier alpha value is -1.54. The molecule has 2 atom stereocenters. The van der Waals surface area contributed by atoms with Gasteiger partial charge in [-0.1, -0.05) is 36.8 Å². The van der Waals surface area contributed by atoms with Gasteiger partial charge in [-0.3, -0.25) is 0 Å². The summed E-state index contributed by atoms with van der Waals surface area (Å²) >= 11 is 0. The molecular formula is C15H16O2. The average molecular weight is 228 g/mol. The maximum atomic E-state index is 10.0. The van der Waals surface area contributed by atoms with Gasteiger partial charge >= 0.3 is 0 Å². The summed E-state index contributed by atoms with van der Waals surface area (Å²) < 4.78 is 0. The molecule has 1 aliphatic rings. The van der Waals surface area contributed by atoms with E-state index in [1.165, 1.54) is 5.56 Å². The Morgan fingerprint density at radius 1 is 0.941 bits per heavy atom. The molecule has 3 rings (SSSR count). The van der Waals surface area contributed by atoms with E-state index in [9.17, 15) is 10.2 Å². The molecule has 1 fully saturated rings. The lowest BCUT2D eigenvalue weighted by molar-refractivity contribution is 0.164. The molecule has 2 aromatic carbocycles. The van der Waals surface area contributed by atoms with Crippen LogP contribution in [0.15, 0.2) is 36.4 Å². The Morgan fingerprint density at radius 2 is 1.71 bits per heavy atom. The van der Waals surface area contributed by atoms with E-state index in [0.29, 0.717) is 5.75 Å². The second-order valence-corrected chi connectivity index (χ2v) is 4.82. The Labute approximate surface area is 101 Å². The minimum absolute atomic E-state index is 0.223. The molecule has 2 aromatic rings. The molecule has 88 valence electrons. The zero-order valence-electron chi connectivity index (χ0n) is 9.63. The van der Waals surface area contributed by atoms with Gasteiger partial charge in [-0.15, -0.1) is 0 Å². The Bertz CT molecular complexity index is 548. The molecule has 0 spiro atoms. The summed E-state index contributed by atoms with van der Waals surface area (Å²) in [6.45, 7) is 0. The van der Waals surface area contributed by atoms with Crippen LogP contribution in [0, 0.1) is 0 Å². The molecule has 0 heterocycles. The van der Waals surface area contributed by atoms with Crippen molar-refractivity contribution in [3.8, 4) is 5.75 Å². The lowest BCUT2D eigenvalue weighted by Gasteiger charge is -2.17. The van der Waals surface area contributed by atoms with Gasteiger partial charge in [-0.05, 0) is 29.9 Å². The van der Waals surface area contributed by atoms with Crippen molar-refractivity contribution in [3.05, 3.63) is 42.0 Å². The molecule has 0 aromatic heterocycles. The molecule has 2 heteroatoms. The van der Waals surface area contributed by atoms with Gasteiger partial charge in [0.25, 0.3) is 0 Å². The summed E-state index contributed by atoms with van der Waals surface area (Å²) in [6, 6.07) is 11.5. The number of phenols is 1. The van der Waals surface area contributed by atoms with Crippen molar-refractivity contribution in [2.24, 2.45) is 0 Å². The van der Waals surface area contributed by atoms with Gasteiger partial charge in [0.05, 0.1) is 6.10 Å². The second kappa shape index (κ2) is 4.04. The van der Waals surface area contributed by atoms with Crippen LogP contribution in [0.5, 0.6) is 5.75 Å². The summed E-state index contributed by atoms with van der Waals surface area (Å²) in [6.07, 6.45) is 2.78. The number of benzene rings is 2. The predicted molar refractivity (Wildman–Crippen MR) is 68.2 cm³/mol. The number of aliphatic hydroxyl groups excluding tert-OH is 1. The van der Waals surface area contributed by atoms with Crippen molar-refractivity contribution in [3.63, 3.8) is 0 Å². The third-order valence-corrected chi connectivity index (χ3v) is 3.81. The molecule has 2 unspecified atom stereocenters. The highest BCUT2D eigenvalue weighted by Gasteiger charge is 2.28. The van der Waals surface area contributed by atoms with Crippen molar-refractivity contribution in [1.29, 1.82) is 0 Å². The van der Waals surface area contributed by atoms with Crippen LogP contribution in [0.4, 0.5) is 0 Å². The van der Waals surface area contributed by atoms with Gasteiger partial charge in [0.15, 0.2) is 0 Å². The highest BCUT2D eigenvalue weighted by Crippen LogP contribution is 2.39. The molecule has 1 saturated carbocycles. The smallest absolute Gasteiger partial charge is 0.123 e. The second-order valence-electron chi connectivity index (χ2n) is 4.82. The van der Waals surface area contributed by atoms with Gasteiger partial charge < -0.3 is 10.2 Å². The molecule has 0 radical (unpaired) electrons. The first kappa shape index (κ1) is 10.6. The fourth-order valence-electron chi connectivity index (χ4n) is 2.93. The molecule has 17 heavy (non-hydrogen) atoms. The fraction of sp³-hybridized carbons (Fsp3) is 0.333. The highest BCUT2D eigenvalue weighted by atomic mass is 16.3. The summed E-state index contributed by atoms with van der Waals surface area (Å²) in [7, 11) is 0. The summed E-state index contributed by atoms with van der Waals surface area (Å²) in [5.74, 6) is 0.539. The van der Waals surface area contributed by atoms with Crippen molar-refractivity contribution >= 4 is 10.8 Å². The molecular weight excluding hydrogens is 212 g/mol. The van der Waals surface area contributed by atoms with Gasteiger partial charge in [-0.2, -0.15) is 0 Å². The summed E-state index contributed by atoms with van der Waals surface area (Å²) in [5.41, 5.74) is 1.17. The number of phenolic OH excluding ortho intramolecular Hbond substituents is 1. The Balaban J connectivity index is 2.20. The van der Waals surface area contributed by atoms with Gasteiger partial charge in [0, 0.05) is 11.3 Å². The van der Waals surface area contributed by atoms with Gasteiger partial charge in [0.1, 0.15) is 5.75 Å². The SMILES string of the molecule is Oc1ccc(C2CCCC2O)c2ccccc12. The average Bonchev–Trinajstić information content (AvgIpc) is 2.77. The van der Waals surface area contributed by atoms with E-state index in [0.717, 1.165) is 30.0 Å². The van der Waals surface area contributed by atoms with Crippen molar-refractivity contribution in [1.82, 2.24) is 0 Å². The number of aromatic hydroxyl groups is 1. The van der Waals surface area contributed by atoms with E-state index < -0.39 is 0 Å². The van der Waals surface area contributed by atoms with Gasteiger partial charge in [0.2, 0.25) is 0 Å². The lowest BCUT2D eigenvalue weighted by Crippen LogP contribution is -2.11. The van der Waals surface area contributed by atoms with Gasteiger partial charge in [-0.25, -0.2) is 0 Å². The lowest BCUT2D eigenvalue weighted by atomic mass is 9.90. The molecule has 1 aliphatic carbocycles. The predicted octanol–water partition coefficient (Wildman–Crippen LogP) is 3.17. The number of aliphatic hydroxyl groups is 1. The van der Waals surface area contributed by atoms with Crippen LogP contribution >= 0.6 is 0 Å². The number of hydrogen-bond donors (Lipinski definition) is 2. The molecule has 2 nitrogen and oxygen atoms in total. The van der Waals surface area contributed by atoms with Crippen molar-refractivity contribution in [2.75, 3.05) is 0 Å². The summed E-state index contributed by atoms with van der Waals surface area (Å²) in [4.78, 5) is 0. The standard InChI is InChI=1S/C15H16O2/c16-14-7-3-6-13(14)11-8-9-15(17)12-5-2-1-4-10(11)12/h1-2,4-5,8-9,13-14,16-17H,3,6-7H2. The molecule has 0 bridgehead atoms. The molecule has 0 amide bonds. The number of fused-ring (bicyclic) bond motifs is 1. The monoisotopic (exact) mass is 228 g/mol. The normalized spacial score (nSPS) is 24.3. The zero-order chi connectivity index (χ0) is 11.8. The van der Waals surface area contributed by atoms with Crippen molar-refractivity contribution < 1.29 is 10.2 Å². The largest absolute Gasteiger partial charge is 0.507 e. The van der Waals surface area contributed by atoms with Crippen LogP contribution in [0.3, 0.4) is 0 Å². The maximum Gasteiger partial charge on any atom is 0.123 e. The Morgan fingerprint density at radius 3 is 2.41 bits per heavy atom. The highest BCUT2D eigenvalue weighted by molar-refractivity contribution is 5.91. The first-order valence-corrected chi connectivity index (χ1v) is 6.16. The Kier molecular flexibility index (Phi) is 2.52. The number of rotatable bonds is 1. The van der Waals surface area contributed by atoms with Crippen LogP contribution in [0.2, 0.25) is 0 Å². The van der Waals surface area contributed by atoms with E-state index in [1.807, 2.05) is 30.3 Å². The molecule has 0 aliphatic heterocycles. The molecule has 2 N–H and O–H groups in total. The minimum Gasteiger partial charge on any atom is -0.507 e. The van der Waals surface area contributed by atoms with E-state index in [-0.39, 0.29) is 12.0 Å². The topological polar surface area (TPSA) is 40.5 Å². The van der Waals surface area contributed by atoms with E-state index in [1.54, 1.807) is 6.07 Å². The van der Waals surface area contributed by atoms with E-state index in [4.69, 9.17) is 0 Å². The van der Waals surface area contributed by atoms with Crippen LogP contribution in [-0.2, 0) is 0 Å². The first-order chi connectivity index (χ1) is 8.27. The van der Waals surface area contributed by atoms with Crippen LogP contribution in [-0.4, -0.2) is 16.3 Å². The summed E-state index contributed by atoms with van der Waals surface area (Å²) in [5, 5.41) is 21.8. The van der Waals surface area contributed by atoms with Crippen LogP contribution in [0.25, 0.3) is 10.8 Å². The van der Waals surface area contributed by atoms with Crippen LogP contribution in [0.1, 0.15) is 30.7 Å². The fourth-order valence-corrected chi connectivity index (χ4v) is 2.93. The zero-order valence-corrected chi connectivity index (χ0v) is 9.63. The van der Waals surface area contributed by atoms with E-state index in [2.05, 4.69) is 0 Å². The third-order valence-electron chi connectivity index (χ3n) is 3.81. The quantitative estimate of drug-likeness (QED) is 0.787. The molecule has 0 saturated heterocycles. The van der Waals surface area contributed by atoms with E-state index >= 15 is 0 Å². The third kappa shape index (κ3) is 1.69. The minimum atomic E-state index is -0.233. The number of hydrogen-bond acceptors (Lipinski definition) is 2. The van der Waals surface area contributed by atoms with Crippen LogP contribution < -0.4 is 0 Å². The maximum absolute atomic E-state index is 10.0. The van der Waals surface area contributed by atoms with Crippen molar-refractivity contribution in [2.45, 2.75) is 31.3 Å². The first-order valence-electron chi connectivity index (χ1n) is 6.16.